The van der Waals surface area contributed by atoms with E-state index in [4.69, 9.17) is 31.5 Å². The predicted octanol–water partition coefficient (Wildman–Crippen LogP) is 4.39. The monoisotopic (exact) mass is 494 g/mol. The molecule has 0 bridgehead atoms. The molecule has 0 aliphatic heterocycles. The van der Waals surface area contributed by atoms with Gasteiger partial charge in [0.25, 0.3) is 0 Å². The van der Waals surface area contributed by atoms with Gasteiger partial charge in [-0.2, -0.15) is 4.98 Å². The Hall–Kier alpha value is -3.15. The summed E-state index contributed by atoms with van der Waals surface area (Å²) in [7, 11) is 4.41. The number of ether oxygens (including phenoxy) is 3. The lowest BCUT2D eigenvalue weighted by Crippen LogP contribution is -2.21. The zero-order valence-corrected chi connectivity index (χ0v) is 19.9. The Bertz CT molecular complexity index is 1120. The summed E-state index contributed by atoms with van der Waals surface area (Å²) in [4.78, 5) is 8.60. The zero-order valence-electron chi connectivity index (χ0n) is 18.2. The minimum atomic E-state index is -0.565. The number of nitrogens with one attached hydrogen (secondary N) is 2. The molecule has 9 nitrogen and oxygen atoms in total. The first-order chi connectivity index (χ1) is 15.9. The molecule has 0 aliphatic rings. The SMILES string of the molecule is COc1ccc(Nc2nc(Nc3cc(F)c(OC)cc3OC)ncc2Cl)c(N(S)CCN)c1. The van der Waals surface area contributed by atoms with Crippen molar-refractivity contribution >= 4 is 53.2 Å². The molecule has 12 heteroatoms. The average Bonchev–Trinajstić information content (AvgIpc) is 2.81. The molecule has 0 atom stereocenters. The van der Waals surface area contributed by atoms with E-state index >= 15 is 0 Å². The van der Waals surface area contributed by atoms with Gasteiger partial charge in [-0.25, -0.2) is 9.37 Å². The van der Waals surface area contributed by atoms with Crippen LogP contribution >= 0.6 is 24.4 Å². The maximum Gasteiger partial charge on any atom is 0.229 e. The summed E-state index contributed by atoms with van der Waals surface area (Å²) < 4.78 is 31.5. The molecule has 0 fully saturated rings. The third kappa shape index (κ3) is 5.81. The molecule has 2 aromatic carbocycles. The van der Waals surface area contributed by atoms with Gasteiger partial charge in [0.2, 0.25) is 5.95 Å². The first-order valence-electron chi connectivity index (χ1n) is 9.72. The number of aromatic nitrogens is 2. The molecule has 33 heavy (non-hydrogen) atoms. The average molecular weight is 495 g/mol. The maximum atomic E-state index is 14.2. The lowest BCUT2D eigenvalue weighted by Gasteiger charge is -2.22. The van der Waals surface area contributed by atoms with Gasteiger partial charge in [0, 0.05) is 31.3 Å². The second-order valence-corrected chi connectivity index (χ2v) is 7.51. The van der Waals surface area contributed by atoms with Crippen LogP contribution < -0.4 is 34.9 Å². The summed E-state index contributed by atoms with van der Waals surface area (Å²) in [5, 5.41) is 6.40. The van der Waals surface area contributed by atoms with Gasteiger partial charge in [0.05, 0.1) is 44.6 Å². The Labute approximate surface area is 201 Å². The van der Waals surface area contributed by atoms with E-state index in [1.54, 1.807) is 23.5 Å². The molecule has 1 aromatic heterocycles. The van der Waals surface area contributed by atoms with Crippen LogP contribution in [0.1, 0.15) is 0 Å². The van der Waals surface area contributed by atoms with Gasteiger partial charge < -0.3 is 34.9 Å². The lowest BCUT2D eigenvalue weighted by atomic mass is 10.2. The summed E-state index contributed by atoms with van der Waals surface area (Å²) in [5.41, 5.74) is 7.37. The van der Waals surface area contributed by atoms with E-state index in [1.165, 1.54) is 32.5 Å². The van der Waals surface area contributed by atoms with Gasteiger partial charge >= 0.3 is 0 Å². The topological polar surface area (TPSA) is 107 Å². The molecule has 0 unspecified atom stereocenters. The Morgan fingerprint density at radius 2 is 1.82 bits per heavy atom. The van der Waals surface area contributed by atoms with E-state index in [-0.39, 0.29) is 16.7 Å². The summed E-state index contributed by atoms with van der Waals surface area (Å²) in [6.45, 7) is 0.904. The molecular weight excluding hydrogens is 471 g/mol. The quantitative estimate of drug-likeness (QED) is 0.305. The van der Waals surface area contributed by atoms with Crippen LogP contribution in [0.4, 0.5) is 33.2 Å². The second kappa shape index (κ2) is 11.1. The van der Waals surface area contributed by atoms with Crippen LogP contribution in [-0.4, -0.2) is 44.4 Å². The number of methoxy groups -OCH3 is 3. The van der Waals surface area contributed by atoms with Crippen molar-refractivity contribution < 1.29 is 18.6 Å². The first-order valence-corrected chi connectivity index (χ1v) is 10.5. The van der Waals surface area contributed by atoms with Crippen molar-refractivity contribution in [3.63, 3.8) is 0 Å². The van der Waals surface area contributed by atoms with E-state index < -0.39 is 5.82 Å². The standard InChI is InChI=1S/C21H24ClFN6O3S/c1-30-12-4-5-15(17(8-12)29(33)7-6-24)26-20-13(22)11-25-21(28-20)27-16-9-14(23)18(31-2)10-19(16)32-3/h4-5,8-11,33H,6-7,24H2,1-3H3,(H2,25,26,27,28). The molecule has 3 rings (SSSR count). The highest BCUT2D eigenvalue weighted by atomic mass is 35.5. The van der Waals surface area contributed by atoms with Gasteiger partial charge in [0.15, 0.2) is 17.4 Å². The number of anilines is 5. The van der Waals surface area contributed by atoms with Crippen LogP contribution in [0.3, 0.4) is 0 Å². The minimum Gasteiger partial charge on any atom is -0.497 e. The Morgan fingerprint density at radius 1 is 1.06 bits per heavy atom. The van der Waals surface area contributed by atoms with Crippen LogP contribution in [0.2, 0.25) is 5.02 Å². The first kappa shape index (κ1) is 24.5. The molecule has 0 saturated heterocycles. The van der Waals surface area contributed by atoms with Crippen LogP contribution in [0.25, 0.3) is 0 Å². The summed E-state index contributed by atoms with van der Waals surface area (Å²) in [6.07, 6.45) is 1.42. The summed E-state index contributed by atoms with van der Waals surface area (Å²) in [5.74, 6) is 0.984. The highest BCUT2D eigenvalue weighted by Gasteiger charge is 2.15. The van der Waals surface area contributed by atoms with Crippen molar-refractivity contribution in [2.75, 3.05) is 49.4 Å². The van der Waals surface area contributed by atoms with Crippen molar-refractivity contribution in [3.8, 4) is 17.2 Å². The zero-order chi connectivity index (χ0) is 24.0. The van der Waals surface area contributed by atoms with Crippen LogP contribution in [-0.2, 0) is 0 Å². The number of rotatable bonds is 10. The van der Waals surface area contributed by atoms with Crippen LogP contribution in [0, 0.1) is 5.82 Å². The van der Waals surface area contributed by atoms with Crippen molar-refractivity contribution in [2.24, 2.45) is 5.73 Å². The van der Waals surface area contributed by atoms with Crippen molar-refractivity contribution in [3.05, 3.63) is 47.4 Å². The summed E-state index contributed by atoms with van der Waals surface area (Å²) in [6, 6.07) is 8.06. The molecule has 0 radical (unpaired) electrons. The van der Waals surface area contributed by atoms with Gasteiger partial charge in [-0.3, -0.25) is 0 Å². The fourth-order valence-corrected chi connectivity index (χ4v) is 3.34. The highest BCUT2D eigenvalue weighted by Crippen LogP contribution is 2.36. The van der Waals surface area contributed by atoms with Crippen molar-refractivity contribution in [2.45, 2.75) is 0 Å². The van der Waals surface area contributed by atoms with Crippen molar-refractivity contribution in [1.29, 1.82) is 0 Å². The molecule has 0 aliphatic carbocycles. The third-order valence-electron chi connectivity index (χ3n) is 4.54. The fraction of sp³-hybridized carbons (Fsp3) is 0.238. The fourth-order valence-electron chi connectivity index (χ4n) is 2.92. The lowest BCUT2D eigenvalue weighted by molar-refractivity contribution is 0.375. The van der Waals surface area contributed by atoms with Crippen molar-refractivity contribution in [1.82, 2.24) is 9.97 Å². The minimum absolute atomic E-state index is 0.0533. The van der Waals surface area contributed by atoms with Gasteiger partial charge in [-0.1, -0.05) is 24.4 Å². The molecule has 0 saturated carbocycles. The molecule has 0 spiro atoms. The normalized spacial score (nSPS) is 10.5. The van der Waals surface area contributed by atoms with E-state index in [0.717, 1.165) is 0 Å². The Morgan fingerprint density at radius 3 is 2.48 bits per heavy atom. The molecule has 1 heterocycles. The number of hydrogen-bond acceptors (Lipinski definition) is 10. The van der Waals surface area contributed by atoms with Gasteiger partial charge in [-0.15, -0.1) is 0 Å². The largest absolute Gasteiger partial charge is 0.497 e. The Balaban J connectivity index is 1.93. The second-order valence-electron chi connectivity index (χ2n) is 6.62. The predicted molar refractivity (Wildman–Crippen MR) is 131 cm³/mol. The number of thiol groups is 1. The maximum absolute atomic E-state index is 14.2. The number of hydrogen-bond donors (Lipinski definition) is 4. The van der Waals surface area contributed by atoms with Crippen LogP contribution in [0.15, 0.2) is 36.5 Å². The van der Waals surface area contributed by atoms with E-state index in [1.807, 2.05) is 6.07 Å². The number of benzene rings is 2. The van der Waals surface area contributed by atoms with Gasteiger partial charge in [0.1, 0.15) is 16.5 Å². The van der Waals surface area contributed by atoms with Gasteiger partial charge in [-0.05, 0) is 12.1 Å². The Kier molecular flexibility index (Phi) is 8.26. The highest BCUT2D eigenvalue weighted by molar-refractivity contribution is 7.81. The van der Waals surface area contributed by atoms with Crippen LogP contribution in [0.5, 0.6) is 17.2 Å². The van der Waals surface area contributed by atoms with E-state index in [2.05, 4.69) is 33.4 Å². The number of halogens is 2. The molecule has 0 amide bonds. The smallest absolute Gasteiger partial charge is 0.229 e. The molecule has 3 aromatic rings. The number of nitrogens with two attached hydrogens (primary N) is 1. The molecule has 176 valence electrons. The molecule has 4 N–H and O–H groups in total. The summed E-state index contributed by atoms with van der Waals surface area (Å²) >= 11 is 10.8. The third-order valence-corrected chi connectivity index (χ3v) is 5.23. The molecular formula is C21H24ClFN6O3S. The number of nitrogens with zero attached hydrogens (tertiary/aromatic N) is 3. The van der Waals surface area contributed by atoms with E-state index in [9.17, 15) is 4.39 Å². The van der Waals surface area contributed by atoms with E-state index in [0.29, 0.717) is 47.5 Å².